The van der Waals surface area contributed by atoms with Gasteiger partial charge in [0.2, 0.25) is 0 Å². The summed E-state index contributed by atoms with van der Waals surface area (Å²) in [6, 6.07) is 3.56. The molecule has 116 valence electrons. The van der Waals surface area contributed by atoms with Crippen LogP contribution in [0.5, 0.6) is 5.75 Å². The van der Waals surface area contributed by atoms with E-state index in [1.165, 1.54) is 41.1 Å². The molecule has 1 amide bonds. The van der Waals surface area contributed by atoms with E-state index in [9.17, 15) is 23.1 Å². The summed E-state index contributed by atoms with van der Waals surface area (Å²) < 4.78 is 39.1. The molecule has 1 aliphatic rings. The maximum atomic E-state index is 13.0. The van der Waals surface area contributed by atoms with Crippen LogP contribution >= 0.6 is 0 Å². The van der Waals surface area contributed by atoms with Crippen LogP contribution in [0.25, 0.3) is 0 Å². The number of alkyl halides is 3. The van der Waals surface area contributed by atoms with Crippen LogP contribution in [-0.4, -0.2) is 59.2 Å². The number of hydrogen-bond acceptors (Lipinski definition) is 3. The maximum Gasteiger partial charge on any atom is 0.405 e. The SMILES string of the molecule is CC1CN(C(=O)c2cccc(O)c2)CC(C(F)(F)F)N1C. The van der Waals surface area contributed by atoms with Crippen molar-refractivity contribution in [1.29, 1.82) is 0 Å². The average molecular weight is 302 g/mol. The first-order valence-electron chi connectivity index (χ1n) is 6.57. The van der Waals surface area contributed by atoms with E-state index < -0.39 is 30.7 Å². The highest BCUT2D eigenvalue weighted by Crippen LogP contribution is 2.29. The Kier molecular flexibility index (Phi) is 4.13. The zero-order valence-corrected chi connectivity index (χ0v) is 11.8. The summed E-state index contributed by atoms with van der Waals surface area (Å²) >= 11 is 0. The number of phenolic OH excluding ortho intramolecular Hbond substituents is 1. The number of carbonyl (C=O) groups is 1. The highest BCUT2D eigenvalue weighted by molar-refractivity contribution is 5.94. The van der Waals surface area contributed by atoms with Crippen LogP contribution in [0.2, 0.25) is 0 Å². The van der Waals surface area contributed by atoms with Crippen LogP contribution in [0.15, 0.2) is 24.3 Å². The second-order valence-corrected chi connectivity index (χ2v) is 5.33. The van der Waals surface area contributed by atoms with Gasteiger partial charge in [-0.05, 0) is 32.2 Å². The van der Waals surface area contributed by atoms with Crippen molar-refractivity contribution in [1.82, 2.24) is 9.80 Å². The molecule has 7 heteroatoms. The van der Waals surface area contributed by atoms with Crippen molar-refractivity contribution >= 4 is 5.91 Å². The second-order valence-electron chi connectivity index (χ2n) is 5.33. The Hall–Kier alpha value is -1.76. The Morgan fingerprint density at radius 2 is 2.00 bits per heavy atom. The third kappa shape index (κ3) is 3.29. The zero-order chi connectivity index (χ0) is 15.8. The highest BCUT2D eigenvalue weighted by Gasteiger charge is 2.47. The van der Waals surface area contributed by atoms with E-state index in [2.05, 4.69) is 0 Å². The first kappa shape index (κ1) is 15.6. The lowest BCUT2D eigenvalue weighted by atomic mass is 10.1. The number of piperazine rings is 1. The van der Waals surface area contributed by atoms with Crippen molar-refractivity contribution in [3.05, 3.63) is 29.8 Å². The van der Waals surface area contributed by atoms with Gasteiger partial charge in [-0.25, -0.2) is 0 Å². The number of likely N-dealkylation sites (N-methyl/N-ethyl adjacent to an activating group) is 1. The molecule has 1 heterocycles. The van der Waals surface area contributed by atoms with Gasteiger partial charge in [-0.1, -0.05) is 6.07 Å². The topological polar surface area (TPSA) is 43.8 Å². The summed E-state index contributed by atoms with van der Waals surface area (Å²) in [5, 5.41) is 9.38. The number of rotatable bonds is 1. The van der Waals surface area contributed by atoms with Gasteiger partial charge in [0.25, 0.3) is 5.91 Å². The predicted molar refractivity (Wildman–Crippen MR) is 71.1 cm³/mol. The molecule has 0 radical (unpaired) electrons. The Morgan fingerprint density at radius 1 is 1.33 bits per heavy atom. The smallest absolute Gasteiger partial charge is 0.405 e. The third-order valence-electron chi connectivity index (χ3n) is 3.82. The second kappa shape index (κ2) is 5.55. The number of hydrogen-bond donors (Lipinski definition) is 1. The summed E-state index contributed by atoms with van der Waals surface area (Å²) in [4.78, 5) is 14.7. The van der Waals surface area contributed by atoms with Crippen LogP contribution in [-0.2, 0) is 0 Å². The molecular weight excluding hydrogens is 285 g/mol. The van der Waals surface area contributed by atoms with Crippen molar-refractivity contribution in [2.75, 3.05) is 20.1 Å². The van der Waals surface area contributed by atoms with Crippen LogP contribution < -0.4 is 0 Å². The van der Waals surface area contributed by atoms with Crippen LogP contribution in [0.4, 0.5) is 13.2 Å². The lowest BCUT2D eigenvalue weighted by Gasteiger charge is -2.44. The summed E-state index contributed by atoms with van der Waals surface area (Å²) in [6.07, 6.45) is -4.39. The van der Waals surface area contributed by atoms with Crippen molar-refractivity contribution in [2.24, 2.45) is 0 Å². The molecule has 1 aromatic carbocycles. The van der Waals surface area contributed by atoms with Gasteiger partial charge in [0, 0.05) is 24.7 Å². The first-order valence-corrected chi connectivity index (χ1v) is 6.57. The molecule has 21 heavy (non-hydrogen) atoms. The van der Waals surface area contributed by atoms with Crippen molar-refractivity contribution in [2.45, 2.75) is 25.2 Å². The van der Waals surface area contributed by atoms with Crippen molar-refractivity contribution in [3.8, 4) is 5.75 Å². The number of carbonyl (C=O) groups excluding carboxylic acids is 1. The fraction of sp³-hybridized carbons (Fsp3) is 0.500. The summed E-state index contributed by atoms with van der Waals surface area (Å²) in [6.45, 7) is 1.47. The molecule has 1 aromatic rings. The van der Waals surface area contributed by atoms with Crippen molar-refractivity contribution in [3.63, 3.8) is 0 Å². The molecule has 1 fully saturated rings. The minimum absolute atomic E-state index is 0.0876. The van der Waals surface area contributed by atoms with Gasteiger partial charge in [0.1, 0.15) is 11.8 Å². The quantitative estimate of drug-likeness (QED) is 0.864. The molecule has 2 rings (SSSR count). The normalized spacial score (nSPS) is 24.1. The highest BCUT2D eigenvalue weighted by atomic mass is 19.4. The average Bonchev–Trinajstić information content (AvgIpc) is 2.39. The molecule has 1 N–H and O–H groups in total. The van der Waals surface area contributed by atoms with E-state index in [0.717, 1.165) is 0 Å². The molecule has 0 bridgehead atoms. The lowest BCUT2D eigenvalue weighted by Crippen LogP contribution is -2.62. The van der Waals surface area contributed by atoms with E-state index in [1.807, 2.05) is 0 Å². The molecule has 0 spiro atoms. The molecule has 0 saturated carbocycles. The standard InChI is InChI=1S/C14H17F3N2O2/c1-9-7-19(8-12(18(9)2)14(15,16)17)13(21)10-4-3-5-11(20)6-10/h3-6,9,12,20H,7-8H2,1-2H3. The van der Waals surface area contributed by atoms with Gasteiger partial charge >= 0.3 is 6.18 Å². The number of benzene rings is 1. The third-order valence-corrected chi connectivity index (χ3v) is 3.82. The van der Waals surface area contributed by atoms with E-state index in [-0.39, 0.29) is 17.9 Å². The Morgan fingerprint density at radius 3 is 2.57 bits per heavy atom. The Labute approximate surface area is 120 Å². The van der Waals surface area contributed by atoms with Gasteiger partial charge < -0.3 is 10.0 Å². The molecule has 1 saturated heterocycles. The summed E-state index contributed by atoms with van der Waals surface area (Å²) in [7, 11) is 1.42. The van der Waals surface area contributed by atoms with E-state index >= 15 is 0 Å². The van der Waals surface area contributed by atoms with Gasteiger partial charge in [-0.2, -0.15) is 13.2 Å². The lowest BCUT2D eigenvalue weighted by molar-refractivity contribution is -0.197. The summed E-state index contributed by atoms with van der Waals surface area (Å²) in [5.74, 6) is -0.588. The minimum atomic E-state index is -4.39. The molecule has 2 atom stereocenters. The minimum Gasteiger partial charge on any atom is -0.508 e. The van der Waals surface area contributed by atoms with Gasteiger partial charge in [-0.3, -0.25) is 9.69 Å². The van der Waals surface area contributed by atoms with Crippen molar-refractivity contribution < 1.29 is 23.1 Å². The van der Waals surface area contributed by atoms with Gasteiger partial charge in [0.05, 0.1) is 0 Å². The van der Waals surface area contributed by atoms with Gasteiger partial charge in [-0.15, -0.1) is 0 Å². The predicted octanol–water partition coefficient (Wildman–Crippen LogP) is 2.10. The fourth-order valence-corrected chi connectivity index (χ4v) is 2.49. The molecule has 1 aliphatic heterocycles. The van der Waals surface area contributed by atoms with E-state index in [0.29, 0.717) is 0 Å². The van der Waals surface area contributed by atoms with Crippen LogP contribution in [0.3, 0.4) is 0 Å². The van der Waals surface area contributed by atoms with E-state index in [4.69, 9.17) is 0 Å². The zero-order valence-electron chi connectivity index (χ0n) is 11.8. The largest absolute Gasteiger partial charge is 0.508 e. The fourth-order valence-electron chi connectivity index (χ4n) is 2.49. The van der Waals surface area contributed by atoms with Gasteiger partial charge in [0.15, 0.2) is 0 Å². The van der Waals surface area contributed by atoms with Crippen LogP contribution in [0, 0.1) is 0 Å². The molecular formula is C14H17F3N2O2. The van der Waals surface area contributed by atoms with Crippen LogP contribution in [0.1, 0.15) is 17.3 Å². The number of aromatic hydroxyl groups is 1. The Balaban J connectivity index is 2.22. The number of amides is 1. The monoisotopic (exact) mass is 302 g/mol. The number of phenols is 1. The van der Waals surface area contributed by atoms with E-state index in [1.54, 1.807) is 6.92 Å². The number of nitrogens with zero attached hydrogens (tertiary/aromatic N) is 2. The number of halogens is 3. The Bertz CT molecular complexity index is 533. The first-order chi connectivity index (χ1) is 9.70. The molecule has 2 unspecified atom stereocenters. The summed E-state index contributed by atoms with van der Waals surface area (Å²) in [5.41, 5.74) is 0.188. The maximum absolute atomic E-state index is 13.0. The molecule has 0 aliphatic carbocycles. The molecule has 0 aromatic heterocycles. The molecule has 4 nitrogen and oxygen atoms in total.